The van der Waals surface area contributed by atoms with Crippen molar-refractivity contribution in [2.75, 3.05) is 11.5 Å². The molecule has 1 N–H and O–H groups in total. The van der Waals surface area contributed by atoms with E-state index in [-0.39, 0.29) is 28.6 Å². The number of barbiturate groups is 1. The van der Waals surface area contributed by atoms with Crippen LogP contribution in [0.5, 0.6) is 11.5 Å². The zero-order valence-corrected chi connectivity index (χ0v) is 23.1. The van der Waals surface area contributed by atoms with Crippen molar-refractivity contribution in [2.24, 2.45) is 0 Å². The minimum absolute atomic E-state index is 0.0906. The van der Waals surface area contributed by atoms with Gasteiger partial charge in [0.05, 0.1) is 17.3 Å². The van der Waals surface area contributed by atoms with E-state index in [0.29, 0.717) is 38.6 Å². The lowest BCUT2D eigenvalue weighted by Crippen LogP contribution is -2.54. The summed E-state index contributed by atoms with van der Waals surface area (Å²) in [4.78, 5) is 39.2. The Morgan fingerprint density at radius 3 is 2.34 bits per heavy atom. The number of nitrogens with one attached hydrogen (secondary N) is 1. The summed E-state index contributed by atoms with van der Waals surface area (Å²) in [5, 5.41) is 3.66. The van der Waals surface area contributed by atoms with Gasteiger partial charge in [0.25, 0.3) is 11.8 Å². The van der Waals surface area contributed by atoms with Gasteiger partial charge in [-0.05, 0) is 67.4 Å². The number of urea groups is 1. The predicted octanol–water partition coefficient (Wildman–Crippen LogP) is 7.25. The van der Waals surface area contributed by atoms with Crippen molar-refractivity contribution in [3.05, 3.63) is 90.9 Å². The highest BCUT2D eigenvalue weighted by Crippen LogP contribution is 2.38. The number of carbonyl (C=O) groups is 3. The molecule has 0 radical (unpaired) electrons. The molecule has 0 bridgehead atoms. The van der Waals surface area contributed by atoms with E-state index in [0.717, 1.165) is 10.5 Å². The van der Waals surface area contributed by atoms with Gasteiger partial charge in [-0.1, -0.05) is 58.5 Å². The highest BCUT2D eigenvalue weighted by molar-refractivity contribution is 6.40. The monoisotopic (exact) mass is 592 g/mol. The summed E-state index contributed by atoms with van der Waals surface area (Å²) >= 11 is 24.9. The fourth-order valence-corrected chi connectivity index (χ4v) is 4.55. The number of carbonyl (C=O) groups excluding carboxylic acids is 3. The second kappa shape index (κ2) is 11.7. The molecule has 11 heteroatoms. The molecule has 0 saturated carbocycles. The van der Waals surface area contributed by atoms with Crippen LogP contribution in [0.25, 0.3) is 6.08 Å². The first-order valence-electron chi connectivity index (χ1n) is 11.3. The minimum atomic E-state index is -0.880. The van der Waals surface area contributed by atoms with Gasteiger partial charge < -0.3 is 9.47 Å². The smallest absolute Gasteiger partial charge is 0.335 e. The summed E-state index contributed by atoms with van der Waals surface area (Å²) in [5.41, 5.74) is 1.78. The lowest BCUT2D eigenvalue weighted by atomic mass is 10.1. The van der Waals surface area contributed by atoms with Gasteiger partial charge in [0.1, 0.15) is 12.2 Å². The topological polar surface area (TPSA) is 84.9 Å². The first-order chi connectivity index (χ1) is 18.1. The van der Waals surface area contributed by atoms with Crippen molar-refractivity contribution in [2.45, 2.75) is 20.5 Å². The molecule has 4 rings (SSSR count). The van der Waals surface area contributed by atoms with Gasteiger partial charge >= 0.3 is 6.03 Å². The lowest BCUT2D eigenvalue weighted by Gasteiger charge is -2.26. The molecule has 1 heterocycles. The van der Waals surface area contributed by atoms with E-state index in [4.69, 9.17) is 55.9 Å². The highest BCUT2D eigenvalue weighted by Gasteiger charge is 2.37. The van der Waals surface area contributed by atoms with E-state index >= 15 is 0 Å². The Morgan fingerprint density at radius 2 is 1.66 bits per heavy atom. The zero-order chi connectivity index (χ0) is 27.6. The third-order valence-electron chi connectivity index (χ3n) is 5.55. The summed E-state index contributed by atoms with van der Waals surface area (Å²) in [6.45, 7) is 3.96. The number of rotatable bonds is 7. The van der Waals surface area contributed by atoms with E-state index in [2.05, 4.69) is 5.32 Å². The Labute approximate surface area is 238 Å². The normalized spacial score (nSPS) is 14.6. The van der Waals surface area contributed by atoms with Crippen molar-refractivity contribution >= 4 is 76.0 Å². The van der Waals surface area contributed by atoms with Crippen LogP contribution in [0.4, 0.5) is 10.5 Å². The number of nitrogens with zero attached hydrogens (tertiary/aromatic N) is 1. The summed E-state index contributed by atoms with van der Waals surface area (Å²) < 4.78 is 11.6. The van der Waals surface area contributed by atoms with Crippen LogP contribution < -0.4 is 19.7 Å². The van der Waals surface area contributed by atoms with Crippen molar-refractivity contribution in [1.82, 2.24) is 5.32 Å². The third-order valence-corrected chi connectivity index (χ3v) is 6.82. The Kier molecular flexibility index (Phi) is 8.53. The standard InChI is InChI=1S/C27H20Cl4N2O5/c1-3-37-23-10-15(9-22(31)24(23)38-13-16-5-6-17(28)11-21(16)30)8-19-25(34)32-27(36)33(26(19)35)18-7-4-14(2)20(29)12-18/h4-12H,3,13H2,1-2H3,(H,32,34,36)/b19-8-. The van der Waals surface area contributed by atoms with Crippen LogP contribution in [0.15, 0.2) is 54.1 Å². The van der Waals surface area contributed by atoms with Gasteiger partial charge in [-0.15, -0.1) is 0 Å². The van der Waals surface area contributed by atoms with E-state index in [1.54, 1.807) is 50.2 Å². The van der Waals surface area contributed by atoms with E-state index in [1.165, 1.54) is 18.2 Å². The number of ether oxygens (including phenoxy) is 2. The molecule has 0 unspecified atom stereocenters. The minimum Gasteiger partial charge on any atom is -0.490 e. The van der Waals surface area contributed by atoms with Crippen molar-refractivity contribution < 1.29 is 23.9 Å². The number of hydrogen-bond acceptors (Lipinski definition) is 5. The van der Waals surface area contributed by atoms with Crippen molar-refractivity contribution in [1.29, 1.82) is 0 Å². The van der Waals surface area contributed by atoms with Crippen LogP contribution in [-0.4, -0.2) is 24.5 Å². The molecule has 1 fully saturated rings. The number of hydrogen-bond donors (Lipinski definition) is 1. The molecule has 1 saturated heterocycles. The molecule has 4 amide bonds. The Balaban J connectivity index is 1.67. The zero-order valence-electron chi connectivity index (χ0n) is 20.1. The molecule has 0 aliphatic carbocycles. The van der Waals surface area contributed by atoms with Gasteiger partial charge in [0.15, 0.2) is 11.5 Å². The maximum atomic E-state index is 13.2. The first kappa shape index (κ1) is 27.8. The molecular weight excluding hydrogens is 574 g/mol. The summed E-state index contributed by atoms with van der Waals surface area (Å²) in [6.07, 6.45) is 1.32. The quantitative estimate of drug-likeness (QED) is 0.230. The van der Waals surface area contributed by atoms with Crippen LogP contribution in [0.1, 0.15) is 23.6 Å². The fourth-order valence-electron chi connectivity index (χ4n) is 3.64. The molecular formula is C27H20Cl4N2O5. The van der Waals surface area contributed by atoms with Gasteiger partial charge in [0.2, 0.25) is 0 Å². The number of halogens is 4. The molecule has 3 aromatic rings. The van der Waals surface area contributed by atoms with Crippen LogP contribution in [0.2, 0.25) is 20.1 Å². The highest BCUT2D eigenvalue weighted by atomic mass is 35.5. The predicted molar refractivity (Wildman–Crippen MR) is 149 cm³/mol. The lowest BCUT2D eigenvalue weighted by molar-refractivity contribution is -0.122. The average molecular weight is 594 g/mol. The Morgan fingerprint density at radius 1 is 0.895 bits per heavy atom. The first-order valence-corrected chi connectivity index (χ1v) is 12.8. The van der Waals surface area contributed by atoms with Gasteiger partial charge in [0, 0.05) is 20.6 Å². The van der Waals surface area contributed by atoms with Crippen LogP contribution >= 0.6 is 46.4 Å². The third kappa shape index (κ3) is 5.92. The molecule has 1 aliphatic heterocycles. The number of anilines is 1. The second-order valence-electron chi connectivity index (χ2n) is 8.18. The van der Waals surface area contributed by atoms with Gasteiger partial charge in [-0.25, -0.2) is 9.69 Å². The second-order valence-corrected chi connectivity index (χ2v) is 9.84. The van der Waals surface area contributed by atoms with Crippen LogP contribution in [0, 0.1) is 6.92 Å². The van der Waals surface area contributed by atoms with E-state index in [9.17, 15) is 14.4 Å². The van der Waals surface area contributed by atoms with E-state index in [1.807, 2.05) is 0 Å². The molecule has 38 heavy (non-hydrogen) atoms. The summed E-state index contributed by atoms with van der Waals surface area (Å²) in [7, 11) is 0. The molecule has 0 spiro atoms. The summed E-state index contributed by atoms with van der Waals surface area (Å²) in [5.74, 6) is -1.11. The van der Waals surface area contributed by atoms with Crippen LogP contribution in [-0.2, 0) is 16.2 Å². The molecule has 0 aromatic heterocycles. The maximum absolute atomic E-state index is 13.2. The Bertz CT molecular complexity index is 1490. The Hall–Kier alpha value is -3.23. The largest absolute Gasteiger partial charge is 0.490 e. The number of aryl methyl sites for hydroxylation is 1. The summed E-state index contributed by atoms with van der Waals surface area (Å²) in [6, 6.07) is 12.0. The molecule has 3 aromatic carbocycles. The maximum Gasteiger partial charge on any atom is 0.335 e. The van der Waals surface area contributed by atoms with Gasteiger partial charge in [-0.2, -0.15) is 0 Å². The molecule has 1 aliphatic rings. The van der Waals surface area contributed by atoms with Crippen molar-refractivity contribution in [3.8, 4) is 11.5 Å². The number of imide groups is 2. The SMILES string of the molecule is CCOc1cc(/C=C2/C(=O)NC(=O)N(c3ccc(C)c(Cl)c3)C2=O)cc(Cl)c1OCc1ccc(Cl)cc1Cl. The average Bonchev–Trinajstić information content (AvgIpc) is 2.84. The molecule has 7 nitrogen and oxygen atoms in total. The fraction of sp³-hybridized carbons (Fsp3) is 0.148. The van der Waals surface area contributed by atoms with E-state index < -0.39 is 17.8 Å². The van der Waals surface area contributed by atoms with Crippen LogP contribution in [0.3, 0.4) is 0 Å². The molecule has 0 atom stereocenters. The number of amides is 4. The van der Waals surface area contributed by atoms with Gasteiger partial charge in [-0.3, -0.25) is 14.9 Å². The molecule has 196 valence electrons. The van der Waals surface area contributed by atoms with Crippen molar-refractivity contribution in [3.63, 3.8) is 0 Å². The number of benzene rings is 3.